The first-order chi connectivity index (χ1) is 13.8. The van der Waals surface area contributed by atoms with Gasteiger partial charge in [0.1, 0.15) is 17.5 Å². The summed E-state index contributed by atoms with van der Waals surface area (Å²) in [4.78, 5) is 24.3. The van der Waals surface area contributed by atoms with Gasteiger partial charge < -0.3 is 20.7 Å². The third-order valence-electron chi connectivity index (χ3n) is 4.41. The Kier molecular flexibility index (Phi) is 6.38. The van der Waals surface area contributed by atoms with Crippen molar-refractivity contribution in [3.05, 3.63) is 54.6 Å². The molecule has 2 atom stereocenters. The summed E-state index contributed by atoms with van der Waals surface area (Å²) in [6.45, 7) is 1.55. The molecular formula is C20H23N3O5S. The molecular weight excluding hydrogens is 394 g/mol. The van der Waals surface area contributed by atoms with Crippen LogP contribution in [0, 0.1) is 0 Å². The minimum atomic E-state index is -3.08. The SMILES string of the molecule is C[C@H](NC(=O)N[C@@H]1CCS(=O)(=O)C1)C(=O)Nc1ccc(Oc2ccccc2)cc1. The Bertz CT molecular complexity index is 961. The Morgan fingerprint density at radius 2 is 1.69 bits per heavy atom. The molecule has 2 aromatic carbocycles. The van der Waals surface area contributed by atoms with Crippen molar-refractivity contribution in [2.45, 2.75) is 25.4 Å². The number of rotatable bonds is 6. The van der Waals surface area contributed by atoms with Crippen molar-refractivity contribution in [2.24, 2.45) is 0 Å². The second-order valence-corrected chi connectivity index (χ2v) is 9.10. The molecule has 29 heavy (non-hydrogen) atoms. The molecule has 3 amide bonds. The van der Waals surface area contributed by atoms with Crippen molar-refractivity contribution in [1.29, 1.82) is 0 Å². The largest absolute Gasteiger partial charge is 0.457 e. The molecule has 1 heterocycles. The predicted molar refractivity (Wildman–Crippen MR) is 110 cm³/mol. The number of benzene rings is 2. The highest BCUT2D eigenvalue weighted by atomic mass is 32.2. The summed E-state index contributed by atoms with van der Waals surface area (Å²) in [5, 5.41) is 7.82. The summed E-state index contributed by atoms with van der Waals surface area (Å²) in [6, 6.07) is 14.4. The van der Waals surface area contributed by atoms with Gasteiger partial charge in [-0.15, -0.1) is 0 Å². The van der Waals surface area contributed by atoms with Crippen LogP contribution < -0.4 is 20.7 Å². The maximum Gasteiger partial charge on any atom is 0.315 e. The van der Waals surface area contributed by atoms with Gasteiger partial charge in [0.05, 0.1) is 11.5 Å². The Labute approximate surface area is 169 Å². The first-order valence-electron chi connectivity index (χ1n) is 9.22. The molecule has 0 saturated carbocycles. The number of sulfone groups is 1. The van der Waals surface area contributed by atoms with Crippen LogP contribution >= 0.6 is 0 Å². The zero-order valence-corrected chi connectivity index (χ0v) is 16.7. The predicted octanol–water partition coefficient (Wildman–Crippen LogP) is 2.29. The molecule has 0 radical (unpaired) electrons. The Morgan fingerprint density at radius 3 is 2.31 bits per heavy atom. The molecule has 8 nitrogen and oxygen atoms in total. The van der Waals surface area contributed by atoms with Crippen molar-refractivity contribution < 1.29 is 22.7 Å². The van der Waals surface area contributed by atoms with E-state index in [1.807, 2.05) is 30.3 Å². The fourth-order valence-electron chi connectivity index (χ4n) is 2.88. The second-order valence-electron chi connectivity index (χ2n) is 6.87. The van der Waals surface area contributed by atoms with Gasteiger partial charge in [0.2, 0.25) is 5.91 Å². The number of anilines is 1. The first-order valence-corrected chi connectivity index (χ1v) is 11.0. The average molecular weight is 417 g/mol. The highest BCUT2D eigenvalue weighted by Crippen LogP contribution is 2.22. The maximum absolute atomic E-state index is 12.3. The van der Waals surface area contributed by atoms with Gasteiger partial charge in [-0.3, -0.25) is 4.79 Å². The molecule has 0 aliphatic carbocycles. The highest BCUT2D eigenvalue weighted by molar-refractivity contribution is 7.91. The zero-order valence-electron chi connectivity index (χ0n) is 15.9. The topological polar surface area (TPSA) is 114 Å². The third-order valence-corrected chi connectivity index (χ3v) is 6.18. The Hall–Kier alpha value is -3.07. The molecule has 0 spiro atoms. The van der Waals surface area contributed by atoms with E-state index in [1.165, 1.54) is 0 Å². The smallest absolute Gasteiger partial charge is 0.315 e. The standard InChI is InChI=1S/C20H23N3O5S/c1-14(21-20(25)23-16-11-12-29(26,27)13-16)19(24)22-15-7-9-18(10-8-15)28-17-5-3-2-4-6-17/h2-10,14,16H,11-13H2,1H3,(H,22,24)(H2,21,23,25)/t14-,16+/m0/s1. The molecule has 2 aromatic rings. The number of carbonyl (C=O) groups is 2. The average Bonchev–Trinajstić information content (AvgIpc) is 3.02. The molecule has 3 N–H and O–H groups in total. The van der Waals surface area contributed by atoms with E-state index in [0.29, 0.717) is 23.6 Å². The summed E-state index contributed by atoms with van der Waals surface area (Å²) >= 11 is 0. The number of ether oxygens (including phenoxy) is 1. The number of hydrogen-bond donors (Lipinski definition) is 3. The van der Waals surface area contributed by atoms with Gasteiger partial charge in [0, 0.05) is 11.7 Å². The number of urea groups is 1. The lowest BCUT2D eigenvalue weighted by Crippen LogP contribution is -2.49. The van der Waals surface area contributed by atoms with E-state index in [9.17, 15) is 18.0 Å². The van der Waals surface area contributed by atoms with E-state index in [0.717, 1.165) is 0 Å². The summed E-state index contributed by atoms with van der Waals surface area (Å²) < 4.78 is 28.6. The molecule has 9 heteroatoms. The van der Waals surface area contributed by atoms with Crippen molar-refractivity contribution >= 4 is 27.5 Å². The van der Waals surface area contributed by atoms with Crippen LogP contribution in [0.3, 0.4) is 0 Å². The molecule has 0 unspecified atom stereocenters. The molecule has 0 bridgehead atoms. The van der Waals surface area contributed by atoms with Crippen LogP contribution in [-0.4, -0.2) is 43.9 Å². The van der Waals surface area contributed by atoms with E-state index >= 15 is 0 Å². The zero-order chi connectivity index (χ0) is 20.9. The van der Waals surface area contributed by atoms with Crippen LogP contribution in [0.2, 0.25) is 0 Å². The van der Waals surface area contributed by atoms with Gasteiger partial charge in [-0.05, 0) is 49.7 Å². The van der Waals surface area contributed by atoms with Crippen molar-refractivity contribution in [3.8, 4) is 11.5 Å². The number of hydrogen-bond acceptors (Lipinski definition) is 5. The molecule has 154 valence electrons. The van der Waals surface area contributed by atoms with E-state index in [2.05, 4.69) is 16.0 Å². The van der Waals surface area contributed by atoms with Gasteiger partial charge >= 0.3 is 6.03 Å². The first kappa shape index (κ1) is 20.7. The fourth-order valence-corrected chi connectivity index (χ4v) is 4.55. The van der Waals surface area contributed by atoms with E-state index in [4.69, 9.17) is 4.74 Å². The maximum atomic E-state index is 12.3. The van der Waals surface area contributed by atoms with E-state index in [1.54, 1.807) is 31.2 Å². The number of carbonyl (C=O) groups excluding carboxylic acids is 2. The van der Waals surface area contributed by atoms with Crippen LogP contribution in [0.4, 0.5) is 10.5 Å². The lowest BCUT2D eigenvalue weighted by molar-refractivity contribution is -0.117. The van der Waals surface area contributed by atoms with Crippen LogP contribution in [0.15, 0.2) is 54.6 Å². The molecule has 3 rings (SSSR count). The second kappa shape index (κ2) is 8.95. The van der Waals surface area contributed by atoms with Crippen LogP contribution in [0.25, 0.3) is 0 Å². The Balaban J connectivity index is 1.47. The van der Waals surface area contributed by atoms with Crippen molar-refractivity contribution in [2.75, 3.05) is 16.8 Å². The lowest BCUT2D eigenvalue weighted by atomic mass is 10.2. The number of nitrogens with one attached hydrogen (secondary N) is 3. The number of para-hydroxylation sites is 1. The summed E-state index contributed by atoms with van der Waals surface area (Å²) in [7, 11) is -3.08. The fraction of sp³-hybridized carbons (Fsp3) is 0.300. The lowest BCUT2D eigenvalue weighted by Gasteiger charge is -2.17. The van der Waals surface area contributed by atoms with Gasteiger partial charge in [0.25, 0.3) is 0 Å². The highest BCUT2D eigenvalue weighted by Gasteiger charge is 2.29. The van der Waals surface area contributed by atoms with Gasteiger partial charge in [-0.25, -0.2) is 13.2 Å². The molecule has 1 saturated heterocycles. The van der Waals surface area contributed by atoms with Crippen LogP contribution in [-0.2, 0) is 14.6 Å². The van der Waals surface area contributed by atoms with E-state index < -0.39 is 33.9 Å². The number of amides is 3. The van der Waals surface area contributed by atoms with Gasteiger partial charge in [0.15, 0.2) is 9.84 Å². The Morgan fingerprint density at radius 1 is 1.03 bits per heavy atom. The van der Waals surface area contributed by atoms with Crippen molar-refractivity contribution in [1.82, 2.24) is 10.6 Å². The molecule has 1 aliphatic rings. The van der Waals surface area contributed by atoms with Crippen LogP contribution in [0.1, 0.15) is 13.3 Å². The summed E-state index contributed by atoms with van der Waals surface area (Å²) in [5.74, 6) is 0.946. The molecule has 1 fully saturated rings. The monoisotopic (exact) mass is 417 g/mol. The third kappa shape index (κ3) is 6.21. The van der Waals surface area contributed by atoms with Crippen molar-refractivity contribution in [3.63, 3.8) is 0 Å². The van der Waals surface area contributed by atoms with E-state index in [-0.39, 0.29) is 11.5 Å². The molecule has 0 aromatic heterocycles. The quantitative estimate of drug-likeness (QED) is 0.667. The normalized spacial score (nSPS) is 18.4. The summed E-state index contributed by atoms with van der Waals surface area (Å²) in [5.41, 5.74) is 0.561. The van der Waals surface area contributed by atoms with Crippen LogP contribution in [0.5, 0.6) is 11.5 Å². The molecule has 1 aliphatic heterocycles. The summed E-state index contributed by atoms with van der Waals surface area (Å²) in [6.07, 6.45) is 0.383. The van der Waals surface area contributed by atoms with Gasteiger partial charge in [-0.2, -0.15) is 0 Å². The minimum Gasteiger partial charge on any atom is -0.457 e. The minimum absolute atomic E-state index is 0.0674. The van der Waals surface area contributed by atoms with Gasteiger partial charge in [-0.1, -0.05) is 18.2 Å².